The number of fused-ring (bicyclic) bond motifs is 1. The van der Waals surface area contributed by atoms with Gasteiger partial charge in [-0.1, -0.05) is 20.8 Å². The van der Waals surface area contributed by atoms with Gasteiger partial charge in [0, 0.05) is 0 Å². The van der Waals surface area contributed by atoms with E-state index in [1.807, 2.05) is 0 Å². The summed E-state index contributed by atoms with van der Waals surface area (Å²) in [7, 11) is 4.89. The van der Waals surface area contributed by atoms with E-state index in [2.05, 4.69) is 69.6 Å². The molecule has 4 heteroatoms. The highest BCUT2D eigenvalue weighted by atomic mass is 127. The first kappa shape index (κ1) is 20.7. The number of benzene rings is 1. The Kier molecular flexibility index (Phi) is 4.96. The summed E-state index contributed by atoms with van der Waals surface area (Å²) in [5.74, 6) is 4.68. The molecule has 1 spiro atoms. The lowest BCUT2D eigenvalue weighted by Crippen LogP contribution is -3.00. The van der Waals surface area contributed by atoms with Gasteiger partial charge in [-0.05, 0) is 89.6 Å². The first-order valence-electron chi connectivity index (χ1n) is 10.4. The van der Waals surface area contributed by atoms with Gasteiger partial charge in [-0.2, -0.15) is 0 Å². The number of quaternary nitrogens is 1. The zero-order valence-corrected chi connectivity index (χ0v) is 21.6. The maximum absolute atomic E-state index is 7.17. The second-order valence-electron chi connectivity index (χ2n) is 11.2. The molecule has 2 nitrogen and oxygen atoms in total. The molecule has 1 aliphatic heterocycles. The molecule has 0 atom stereocenters. The lowest BCUT2D eigenvalue weighted by atomic mass is 9.51. The summed E-state index contributed by atoms with van der Waals surface area (Å²) in [5, 5.41) is 0. The van der Waals surface area contributed by atoms with Gasteiger partial charge in [0.15, 0.2) is 0 Å². The molecule has 0 unspecified atom stereocenters. The molecule has 0 aromatic heterocycles. The monoisotopic (exact) mass is 593 g/mol. The highest BCUT2D eigenvalue weighted by Gasteiger charge is 2.68. The van der Waals surface area contributed by atoms with Gasteiger partial charge in [0.2, 0.25) is 5.72 Å². The molecule has 0 N–H and O–H groups in total. The molecular formula is C23H33I2NO. The van der Waals surface area contributed by atoms with Gasteiger partial charge >= 0.3 is 0 Å². The minimum atomic E-state index is 0. The quantitative estimate of drug-likeness (QED) is 0.333. The number of hydrogen-bond acceptors (Lipinski definition) is 1. The van der Waals surface area contributed by atoms with Crippen LogP contribution in [0.5, 0.6) is 5.75 Å². The molecule has 0 saturated heterocycles. The van der Waals surface area contributed by atoms with Crippen molar-refractivity contribution >= 4 is 22.6 Å². The van der Waals surface area contributed by atoms with Crippen molar-refractivity contribution in [3.05, 3.63) is 26.8 Å². The van der Waals surface area contributed by atoms with Gasteiger partial charge in [0.05, 0.1) is 35.1 Å². The van der Waals surface area contributed by atoms with Crippen molar-refractivity contribution in [3.63, 3.8) is 0 Å². The maximum Gasteiger partial charge on any atom is 0.248 e. The summed E-state index contributed by atoms with van der Waals surface area (Å²) >= 11 is 2.53. The zero-order chi connectivity index (χ0) is 18.5. The molecular weight excluding hydrogens is 560 g/mol. The van der Waals surface area contributed by atoms with E-state index < -0.39 is 0 Å². The van der Waals surface area contributed by atoms with Crippen molar-refractivity contribution in [3.8, 4) is 5.75 Å². The lowest BCUT2D eigenvalue weighted by Gasteiger charge is -2.65. The van der Waals surface area contributed by atoms with E-state index in [1.54, 1.807) is 0 Å². The van der Waals surface area contributed by atoms with Crippen molar-refractivity contribution in [1.82, 2.24) is 0 Å². The van der Waals surface area contributed by atoms with E-state index in [1.165, 1.54) is 52.6 Å². The van der Waals surface area contributed by atoms with E-state index in [4.69, 9.17) is 4.74 Å². The molecule has 4 aliphatic carbocycles. The van der Waals surface area contributed by atoms with E-state index in [0.717, 1.165) is 34.7 Å². The predicted octanol–water partition coefficient (Wildman–Crippen LogP) is 2.71. The fourth-order valence-corrected chi connectivity index (χ4v) is 7.96. The number of rotatable bonds is 0. The Labute approximate surface area is 195 Å². The van der Waals surface area contributed by atoms with Crippen LogP contribution in [0.25, 0.3) is 0 Å². The van der Waals surface area contributed by atoms with Gasteiger partial charge in [-0.25, -0.2) is 0 Å². The van der Waals surface area contributed by atoms with Gasteiger partial charge in [0.25, 0.3) is 0 Å². The SMILES string of the molecule is CC(C)(C)c1cc(I)c2c(c1)C[N+](C)(C)C1(O2)C2CC3CC(C2)CC1C3.[I-]. The van der Waals surface area contributed by atoms with Crippen molar-refractivity contribution in [2.45, 2.75) is 70.6 Å². The van der Waals surface area contributed by atoms with Crippen LogP contribution in [0.15, 0.2) is 12.1 Å². The molecule has 0 radical (unpaired) electrons. The van der Waals surface area contributed by atoms with Crippen LogP contribution in [0.3, 0.4) is 0 Å². The zero-order valence-electron chi connectivity index (χ0n) is 17.3. The highest BCUT2D eigenvalue weighted by molar-refractivity contribution is 14.1. The average molecular weight is 593 g/mol. The second kappa shape index (κ2) is 6.47. The van der Waals surface area contributed by atoms with Crippen LogP contribution in [0.2, 0.25) is 0 Å². The number of nitrogens with zero attached hydrogens (tertiary/aromatic N) is 1. The van der Waals surface area contributed by atoms with Crippen molar-refractivity contribution in [2.75, 3.05) is 14.1 Å². The minimum Gasteiger partial charge on any atom is -1.00 e. The smallest absolute Gasteiger partial charge is 0.248 e. The van der Waals surface area contributed by atoms with E-state index in [-0.39, 0.29) is 35.1 Å². The summed E-state index contributed by atoms with van der Waals surface area (Å²) in [6.07, 6.45) is 7.11. The summed E-state index contributed by atoms with van der Waals surface area (Å²) in [6, 6.07) is 4.80. The Hall–Kier alpha value is 0.440. The summed E-state index contributed by atoms with van der Waals surface area (Å²) in [4.78, 5) is 0. The van der Waals surface area contributed by atoms with Gasteiger partial charge in [-0.3, -0.25) is 4.48 Å². The Balaban J connectivity index is 0.00000180. The first-order valence-corrected chi connectivity index (χ1v) is 11.5. The molecule has 1 aromatic carbocycles. The van der Waals surface area contributed by atoms with Crippen LogP contribution in [-0.4, -0.2) is 24.3 Å². The van der Waals surface area contributed by atoms with Gasteiger partial charge in [0.1, 0.15) is 12.3 Å². The third-order valence-electron chi connectivity index (χ3n) is 8.07. The fourth-order valence-electron chi connectivity index (χ4n) is 7.17. The number of hydrogen-bond donors (Lipinski definition) is 0. The van der Waals surface area contributed by atoms with E-state index >= 15 is 0 Å². The lowest BCUT2D eigenvalue weighted by molar-refractivity contribution is -0.991. The van der Waals surface area contributed by atoms with Gasteiger partial charge in [-0.15, -0.1) is 0 Å². The average Bonchev–Trinajstić information content (AvgIpc) is 2.50. The summed E-state index contributed by atoms with van der Waals surface area (Å²) in [6.45, 7) is 8.05. The number of halogens is 2. The second-order valence-corrected chi connectivity index (χ2v) is 12.4. The fraction of sp³-hybridized carbons (Fsp3) is 0.739. The highest BCUT2D eigenvalue weighted by Crippen LogP contribution is 2.63. The Morgan fingerprint density at radius 2 is 1.56 bits per heavy atom. The molecule has 1 heterocycles. The Bertz CT molecular complexity index is 736. The van der Waals surface area contributed by atoms with Crippen LogP contribution >= 0.6 is 22.6 Å². The predicted molar refractivity (Wildman–Crippen MR) is 114 cm³/mol. The molecule has 4 bridgehead atoms. The molecule has 4 fully saturated rings. The molecule has 150 valence electrons. The summed E-state index contributed by atoms with van der Waals surface area (Å²) < 4.78 is 9.50. The molecule has 6 rings (SSSR count). The largest absolute Gasteiger partial charge is 1.00 e. The minimum absolute atomic E-state index is 0. The van der Waals surface area contributed by atoms with E-state index in [0.29, 0.717) is 0 Å². The Morgan fingerprint density at radius 3 is 2.07 bits per heavy atom. The maximum atomic E-state index is 7.17. The molecule has 1 aromatic rings. The van der Waals surface area contributed by atoms with Gasteiger partial charge < -0.3 is 28.7 Å². The van der Waals surface area contributed by atoms with Crippen LogP contribution in [0.1, 0.15) is 64.0 Å². The van der Waals surface area contributed by atoms with Crippen LogP contribution in [0, 0.1) is 27.2 Å². The Morgan fingerprint density at radius 1 is 1.00 bits per heavy atom. The standard InChI is InChI=1S/C23H33INO.HI/c1-22(2,3)17-11-16-13-25(4,5)23(26-21(16)20(24)12-17)18-7-14-6-15(9-18)10-19(23)8-14;/h11-12,14-15,18-19H,6-10,13H2,1-5H3;1H/q+1;/p-1. The van der Waals surface area contributed by atoms with Crippen LogP contribution in [0.4, 0.5) is 0 Å². The number of ether oxygens (including phenoxy) is 1. The van der Waals surface area contributed by atoms with E-state index in [9.17, 15) is 0 Å². The first-order chi connectivity index (χ1) is 12.1. The van der Waals surface area contributed by atoms with Crippen molar-refractivity contribution in [2.24, 2.45) is 23.7 Å². The molecule has 27 heavy (non-hydrogen) atoms. The topological polar surface area (TPSA) is 9.23 Å². The molecule has 0 amide bonds. The van der Waals surface area contributed by atoms with Crippen LogP contribution < -0.4 is 28.7 Å². The summed E-state index contributed by atoms with van der Waals surface area (Å²) in [5.41, 5.74) is 3.06. The van der Waals surface area contributed by atoms with Crippen molar-refractivity contribution in [1.29, 1.82) is 0 Å². The molecule has 4 saturated carbocycles. The molecule has 5 aliphatic rings. The normalized spacial score (nSPS) is 38.3. The third kappa shape index (κ3) is 2.93. The van der Waals surface area contributed by atoms with Crippen LogP contribution in [-0.2, 0) is 12.0 Å². The van der Waals surface area contributed by atoms with Crippen molar-refractivity contribution < 1.29 is 33.2 Å². The third-order valence-corrected chi connectivity index (χ3v) is 8.87.